The molecular formula is C7H14O7. The van der Waals surface area contributed by atoms with Crippen molar-refractivity contribution in [1.82, 2.24) is 0 Å². The third kappa shape index (κ3) is 2.47. The third-order valence-electron chi connectivity index (χ3n) is 1.76. The van der Waals surface area contributed by atoms with Gasteiger partial charge in [-0.15, -0.1) is 0 Å². The van der Waals surface area contributed by atoms with Gasteiger partial charge < -0.3 is 35.1 Å². The van der Waals surface area contributed by atoms with E-state index >= 15 is 0 Å². The van der Waals surface area contributed by atoms with E-state index < -0.39 is 37.8 Å². The zero-order valence-corrected chi connectivity index (χ0v) is 7.28. The van der Waals surface area contributed by atoms with Crippen molar-refractivity contribution in [3.63, 3.8) is 0 Å². The van der Waals surface area contributed by atoms with E-state index in [4.69, 9.17) is 16.7 Å². The van der Waals surface area contributed by atoms with Crippen molar-refractivity contribution in [2.45, 2.75) is 24.1 Å². The molecule has 0 bridgehead atoms. The number of aliphatic hydroxyl groups is 5. The maximum absolute atomic E-state index is 10.2. The fourth-order valence-electron chi connectivity index (χ4n) is 0.819. The molecule has 0 aromatic carbocycles. The van der Waals surface area contributed by atoms with Gasteiger partial charge in [-0.25, -0.2) is 0 Å². The average molecular weight is 211 g/mol. The minimum atomic E-state index is -2.81. The van der Waals surface area contributed by atoms with Crippen LogP contribution in [-0.2, 0) is 9.53 Å². The van der Waals surface area contributed by atoms with Crippen LogP contribution in [0.2, 0.25) is 0 Å². The minimum Gasteiger partial charge on any atom is -0.394 e. The molecule has 0 aliphatic heterocycles. The average Bonchev–Trinajstić information content (AvgIpc) is 2.25. The van der Waals surface area contributed by atoms with E-state index in [2.05, 4.69) is 4.74 Å². The summed E-state index contributed by atoms with van der Waals surface area (Å²) in [5.74, 6) is -2.81. The first-order valence-electron chi connectivity index (χ1n) is 4.40. The van der Waals surface area contributed by atoms with Gasteiger partial charge in [-0.2, -0.15) is 0 Å². The van der Waals surface area contributed by atoms with Gasteiger partial charge in [-0.05, 0) is 0 Å². The second-order valence-corrected chi connectivity index (χ2v) is 2.67. The summed E-state index contributed by atoms with van der Waals surface area (Å²) in [7, 11) is -0.851. The van der Waals surface area contributed by atoms with Crippen molar-refractivity contribution in [2.75, 3.05) is 13.7 Å². The lowest BCUT2D eigenvalue weighted by molar-refractivity contribution is -0.296. The molecule has 0 radical (unpaired) electrons. The summed E-state index contributed by atoms with van der Waals surface area (Å²) in [5, 5.41) is 45.3. The van der Waals surface area contributed by atoms with E-state index in [0.717, 1.165) is 0 Å². The number of aldehydes is 1. The first-order valence-corrected chi connectivity index (χ1v) is 3.70. The predicted octanol–water partition coefficient (Wildman–Crippen LogP) is -3.40. The Morgan fingerprint density at radius 2 is 2.14 bits per heavy atom. The second-order valence-electron chi connectivity index (χ2n) is 2.67. The van der Waals surface area contributed by atoms with Gasteiger partial charge in [0.25, 0.3) is 0 Å². The molecule has 0 heterocycles. The molecule has 0 aliphatic carbocycles. The molecule has 14 heavy (non-hydrogen) atoms. The Hall–Kier alpha value is -0.570. The van der Waals surface area contributed by atoms with Gasteiger partial charge >= 0.3 is 0 Å². The molecule has 0 saturated carbocycles. The lowest BCUT2D eigenvalue weighted by Gasteiger charge is -2.34. The van der Waals surface area contributed by atoms with Crippen LogP contribution in [0.15, 0.2) is 0 Å². The van der Waals surface area contributed by atoms with Crippen LogP contribution >= 0.6 is 0 Å². The quantitative estimate of drug-likeness (QED) is 0.229. The summed E-state index contributed by atoms with van der Waals surface area (Å²) in [6.07, 6.45) is -6.19. The molecule has 84 valence electrons. The van der Waals surface area contributed by atoms with Crippen LogP contribution in [0.4, 0.5) is 0 Å². The Morgan fingerprint density at radius 1 is 1.57 bits per heavy atom. The molecule has 4 atom stereocenters. The van der Waals surface area contributed by atoms with Gasteiger partial charge in [-0.3, -0.25) is 0 Å². The van der Waals surface area contributed by atoms with Crippen molar-refractivity contribution >= 4 is 6.29 Å². The fraction of sp³-hybridized carbons (Fsp3) is 0.857. The highest BCUT2D eigenvalue weighted by Crippen LogP contribution is 2.18. The number of rotatable bonds is 6. The zero-order chi connectivity index (χ0) is 12.1. The van der Waals surface area contributed by atoms with Gasteiger partial charge in [0.15, 0.2) is 12.4 Å². The molecule has 0 spiro atoms. The number of aliphatic hydroxyl groups excluding tert-OH is 4. The summed E-state index contributed by atoms with van der Waals surface area (Å²) in [6, 6.07) is 0. The van der Waals surface area contributed by atoms with Gasteiger partial charge in [0.2, 0.25) is 5.79 Å². The number of hydrogen-bond donors (Lipinski definition) is 5. The molecule has 0 unspecified atom stereocenters. The molecule has 7 nitrogen and oxygen atoms in total. The first kappa shape index (κ1) is 11.5. The Kier molecular flexibility index (Phi) is 4.39. The lowest BCUT2D eigenvalue weighted by Crippen LogP contribution is -2.59. The van der Waals surface area contributed by atoms with Crippen LogP contribution < -0.4 is 0 Å². The third-order valence-corrected chi connectivity index (χ3v) is 1.76. The Labute approximate surface area is 81.6 Å². The molecule has 5 N–H and O–H groups in total. The lowest BCUT2D eigenvalue weighted by atomic mass is 9.99. The Morgan fingerprint density at radius 3 is 2.50 bits per heavy atom. The molecule has 0 amide bonds. The summed E-state index contributed by atoms with van der Waals surface area (Å²) >= 11 is 0. The van der Waals surface area contributed by atoms with E-state index in [0.29, 0.717) is 0 Å². The topological polar surface area (TPSA) is 127 Å². The zero-order valence-electron chi connectivity index (χ0n) is 8.28. The molecule has 0 rings (SSSR count). The van der Waals surface area contributed by atoms with Crippen LogP contribution in [0.5, 0.6) is 0 Å². The second kappa shape index (κ2) is 5.35. The summed E-state index contributed by atoms with van der Waals surface area (Å²) in [5.41, 5.74) is 0. The normalized spacial score (nSPS) is 23.1. The summed E-state index contributed by atoms with van der Waals surface area (Å²) in [4.78, 5) is 10.2. The van der Waals surface area contributed by atoms with E-state index in [1.54, 1.807) is 0 Å². The maximum atomic E-state index is 10.2. The number of ether oxygens (including phenoxy) is 1. The largest absolute Gasteiger partial charge is 0.394 e. The van der Waals surface area contributed by atoms with Crippen molar-refractivity contribution in [2.24, 2.45) is 0 Å². The molecule has 0 fully saturated rings. The van der Waals surface area contributed by atoms with Crippen LogP contribution in [0.25, 0.3) is 0 Å². The van der Waals surface area contributed by atoms with Crippen molar-refractivity contribution in [1.29, 1.82) is 0 Å². The molecule has 0 saturated heterocycles. The van der Waals surface area contributed by atoms with Crippen LogP contribution in [0, 0.1) is 0 Å². The highest BCUT2D eigenvalue weighted by molar-refractivity contribution is 5.57. The predicted molar refractivity (Wildman–Crippen MR) is 43.1 cm³/mol. The van der Waals surface area contributed by atoms with Crippen LogP contribution in [0.3, 0.4) is 0 Å². The molecule has 0 aromatic heterocycles. The molecule has 7 heteroatoms. The molecular weight excluding hydrogens is 196 g/mol. The smallest absolute Gasteiger partial charge is 0.228 e. The highest BCUT2D eigenvalue weighted by Gasteiger charge is 2.46. The fourth-order valence-corrected chi connectivity index (χ4v) is 0.819. The van der Waals surface area contributed by atoms with Gasteiger partial charge in [0.1, 0.15) is 12.2 Å². The van der Waals surface area contributed by atoms with E-state index in [-0.39, 0.29) is 6.29 Å². The van der Waals surface area contributed by atoms with Gasteiger partial charge in [0, 0.05) is 7.09 Å². The number of hydrogen-bond acceptors (Lipinski definition) is 7. The molecule has 0 aromatic rings. The van der Waals surface area contributed by atoms with Crippen molar-refractivity contribution < 1.29 is 36.4 Å². The summed E-state index contributed by atoms with van der Waals surface area (Å²) in [6.45, 7) is -0.906. The number of methoxy groups -OCH3 is 1. The monoisotopic (exact) mass is 211 g/mol. The Bertz CT molecular complexity index is 202. The SMILES string of the molecule is [2H]CO[C@](O)([C@H](O)[C@H](O)CO)[C@@H](O)C=O. The summed E-state index contributed by atoms with van der Waals surface area (Å²) < 4.78 is 10.9. The van der Waals surface area contributed by atoms with Crippen LogP contribution in [-0.4, -0.2) is 69.6 Å². The minimum absolute atomic E-state index is 0.122. The van der Waals surface area contributed by atoms with Crippen molar-refractivity contribution in [3.8, 4) is 0 Å². The van der Waals surface area contributed by atoms with E-state index in [9.17, 15) is 15.0 Å². The standard InChI is InChI=1S/C7H14O7/c1-14-7(13,5(11)3-9)6(12)4(10)2-8/h3-6,8,10-13H,2H2,1H3/t4-,5+,6-,7+/m1/s1/i1D. The first-order chi connectivity index (χ1) is 6.93. The Balaban J connectivity index is 4.83. The van der Waals surface area contributed by atoms with Crippen molar-refractivity contribution in [3.05, 3.63) is 0 Å². The van der Waals surface area contributed by atoms with Gasteiger partial charge in [0.05, 0.1) is 7.98 Å². The van der Waals surface area contributed by atoms with Gasteiger partial charge in [-0.1, -0.05) is 0 Å². The number of carbonyl (C=O) groups is 1. The molecule has 0 aliphatic rings. The number of carbonyl (C=O) groups excluding carboxylic acids is 1. The highest BCUT2D eigenvalue weighted by atomic mass is 16.6. The maximum Gasteiger partial charge on any atom is 0.228 e. The van der Waals surface area contributed by atoms with Crippen LogP contribution in [0.1, 0.15) is 1.37 Å². The van der Waals surface area contributed by atoms with E-state index in [1.807, 2.05) is 0 Å². The van der Waals surface area contributed by atoms with E-state index in [1.165, 1.54) is 0 Å².